The van der Waals surface area contributed by atoms with Gasteiger partial charge in [0.1, 0.15) is 5.54 Å². The van der Waals surface area contributed by atoms with Gasteiger partial charge < -0.3 is 20.9 Å². The van der Waals surface area contributed by atoms with E-state index in [0.717, 1.165) is 36.3 Å². The maximum atomic E-state index is 12.4. The van der Waals surface area contributed by atoms with Crippen molar-refractivity contribution < 1.29 is 9.59 Å². The van der Waals surface area contributed by atoms with Crippen molar-refractivity contribution in [2.45, 2.75) is 37.6 Å². The summed E-state index contributed by atoms with van der Waals surface area (Å²) in [7, 11) is 0. The predicted octanol–water partition coefficient (Wildman–Crippen LogP) is 1.11. The molecule has 1 spiro atoms. The summed E-state index contributed by atoms with van der Waals surface area (Å²) in [6.07, 6.45) is 5.11. The highest BCUT2D eigenvalue weighted by molar-refractivity contribution is 6.06. The van der Waals surface area contributed by atoms with E-state index < -0.39 is 11.0 Å². The number of carbonyl (C=O) groups excluding carboxylic acids is 2. The zero-order chi connectivity index (χ0) is 22.8. The number of rotatable bonds is 3. The fraction of sp³-hybridized carbons (Fsp3) is 0.409. The van der Waals surface area contributed by atoms with Gasteiger partial charge in [-0.25, -0.2) is 9.50 Å². The Kier molecular flexibility index (Phi) is 4.15. The van der Waals surface area contributed by atoms with Gasteiger partial charge in [0.15, 0.2) is 11.5 Å². The molecule has 2 aromatic heterocycles. The Morgan fingerprint density at radius 1 is 1.18 bits per heavy atom. The number of piperidine rings is 1. The minimum absolute atomic E-state index is 0.0130. The fourth-order valence-electron chi connectivity index (χ4n) is 4.99. The lowest BCUT2D eigenvalue weighted by atomic mass is 9.86. The summed E-state index contributed by atoms with van der Waals surface area (Å²) in [5.41, 5.74) is 2.02. The van der Waals surface area contributed by atoms with Crippen LogP contribution in [0.3, 0.4) is 0 Å². The second kappa shape index (κ2) is 6.88. The van der Waals surface area contributed by atoms with Crippen LogP contribution in [-0.2, 0) is 15.0 Å². The Morgan fingerprint density at radius 3 is 2.88 bits per heavy atom. The van der Waals surface area contributed by atoms with Crippen LogP contribution in [0.1, 0.15) is 32.3 Å². The predicted molar refractivity (Wildman–Crippen MR) is 122 cm³/mol. The highest BCUT2D eigenvalue weighted by Crippen LogP contribution is 2.39. The summed E-state index contributed by atoms with van der Waals surface area (Å²) in [6.45, 7) is 5.63. The van der Waals surface area contributed by atoms with Crippen LogP contribution in [0.4, 0.5) is 23.1 Å². The van der Waals surface area contributed by atoms with E-state index >= 15 is 0 Å². The van der Waals surface area contributed by atoms with E-state index in [1.807, 2.05) is 32.0 Å². The van der Waals surface area contributed by atoms with Crippen molar-refractivity contribution in [1.29, 1.82) is 0 Å². The number of fused-ring (bicyclic) bond motifs is 2. The third kappa shape index (κ3) is 3.03. The van der Waals surface area contributed by atoms with Crippen LogP contribution in [0.25, 0.3) is 5.65 Å². The number of amides is 2. The maximum Gasteiger partial charge on any atom is 0.247 e. The molecule has 0 radical (unpaired) electrons. The third-order valence-corrected chi connectivity index (χ3v) is 6.90. The highest BCUT2D eigenvalue weighted by atomic mass is 16.2. The summed E-state index contributed by atoms with van der Waals surface area (Å²) in [6, 6.07) is 5.77. The van der Waals surface area contributed by atoms with Crippen LogP contribution < -0.4 is 26.2 Å². The van der Waals surface area contributed by atoms with Crippen molar-refractivity contribution in [2.24, 2.45) is 0 Å². The molecule has 2 fully saturated rings. The number of benzene rings is 1. The molecular formula is C22H25N9O2. The average molecular weight is 448 g/mol. The molecule has 2 saturated heterocycles. The van der Waals surface area contributed by atoms with Crippen LogP contribution in [0, 0.1) is 0 Å². The molecule has 0 aliphatic carbocycles. The van der Waals surface area contributed by atoms with Crippen LogP contribution in [0.2, 0.25) is 0 Å². The lowest BCUT2D eigenvalue weighted by molar-refractivity contribution is -0.124. The normalized spacial score (nSPS) is 23.6. The van der Waals surface area contributed by atoms with E-state index in [-0.39, 0.29) is 11.8 Å². The number of hydrogen-bond donors (Lipinski definition) is 4. The van der Waals surface area contributed by atoms with Gasteiger partial charge in [-0.1, -0.05) is 6.07 Å². The number of nitrogens with one attached hydrogen (secondary N) is 4. The summed E-state index contributed by atoms with van der Waals surface area (Å²) in [5.74, 6) is 1.15. The molecule has 3 aliphatic heterocycles. The zero-order valence-electron chi connectivity index (χ0n) is 18.5. The fourth-order valence-corrected chi connectivity index (χ4v) is 4.99. The summed E-state index contributed by atoms with van der Waals surface area (Å²) >= 11 is 0. The Balaban J connectivity index is 1.29. The van der Waals surface area contributed by atoms with Crippen molar-refractivity contribution in [3.63, 3.8) is 0 Å². The van der Waals surface area contributed by atoms with Gasteiger partial charge in [0, 0.05) is 36.9 Å². The van der Waals surface area contributed by atoms with Gasteiger partial charge in [0.25, 0.3) is 0 Å². The Hall–Kier alpha value is -3.73. The van der Waals surface area contributed by atoms with Crippen LogP contribution in [0.15, 0.2) is 30.6 Å². The number of aromatic nitrogens is 4. The largest absolute Gasteiger partial charge is 0.351 e. The first kappa shape index (κ1) is 19.9. The molecule has 0 saturated carbocycles. The Labute approximate surface area is 190 Å². The summed E-state index contributed by atoms with van der Waals surface area (Å²) in [5, 5.41) is 16.9. The van der Waals surface area contributed by atoms with Gasteiger partial charge in [-0.05, 0) is 44.4 Å². The molecule has 4 N–H and O–H groups in total. The average Bonchev–Trinajstić information content (AvgIpc) is 3.42. The molecule has 11 heteroatoms. The quantitative estimate of drug-likeness (QED) is 0.470. The van der Waals surface area contributed by atoms with Gasteiger partial charge in [-0.2, -0.15) is 4.98 Å². The van der Waals surface area contributed by atoms with E-state index in [0.29, 0.717) is 30.6 Å². The molecular weight excluding hydrogens is 422 g/mol. The molecule has 3 aromatic rings. The van der Waals surface area contributed by atoms with Crippen molar-refractivity contribution in [3.05, 3.63) is 36.2 Å². The molecule has 2 amide bonds. The second-order valence-electron chi connectivity index (χ2n) is 9.39. The van der Waals surface area contributed by atoms with Gasteiger partial charge in [0.05, 0.1) is 12.1 Å². The summed E-state index contributed by atoms with van der Waals surface area (Å²) in [4.78, 5) is 36.0. The number of nitrogens with zero attached hydrogens (tertiary/aromatic N) is 5. The van der Waals surface area contributed by atoms with Gasteiger partial charge >= 0.3 is 0 Å². The van der Waals surface area contributed by atoms with Crippen LogP contribution in [0.5, 0.6) is 0 Å². The number of carbonyl (C=O) groups is 2. The lowest BCUT2D eigenvalue weighted by Crippen LogP contribution is -2.58. The molecule has 5 heterocycles. The van der Waals surface area contributed by atoms with Crippen LogP contribution in [-0.4, -0.2) is 56.7 Å². The highest BCUT2D eigenvalue weighted by Gasteiger charge is 2.45. The van der Waals surface area contributed by atoms with Crippen molar-refractivity contribution in [3.8, 4) is 0 Å². The molecule has 33 heavy (non-hydrogen) atoms. The van der Waals surface area contributed by atoms with Gasteiger partial charge in [0.2, 0.25) is 17.8 Å². The van der Waals surface area contributed by atoms with Crippen LogP contribution >= 0.6 is 0 Å². The first-order valence-electron chi connectivity index (χ1n) is 11.1. The molecule has 11 nitrogen and oxygen atoms in total. The molecule has 1 unspecified atom stereocenters. The number of hydrogen-bond acceptors (Lipinski definition) is 8. The first-order valence-corrected chi connectivity index (χ1v) is 11.1. The summed E-state index contributed by atoms with van der Waals surface area (Å²) < 4.78 is 1.69. The smallest absolute Gasteiger partial charge is 0.247 e. The van der Waals surface area contributed by atoms with Gasteiger partial charge in [-0.3, -0.25) is 14.9 Å². The van der Waals surface area contributed by atoms with E-state index in [1.165, 1.54) is 0 Å². The van der Waals surface area contributed by atoms with E-state index in [4.69, 9.17) is 0 Å². The van der Waals surface area contributed by atoms with E-state index in [9.17, 15) is 9.59 Å². The third-order valence-electron chi connectivity index (χ3n) is 6.90. The minimum atomic E-state index is -0.587. The molecule has 1 aromatic carbocycles. The van der Waals surface area contributed by atoms with Crippen molar-refractivity contribution in [2.75, 3.05) is 35.3 Å². The lowest BCUT2D eigenvalue weighted by Gasteiger charge is -2.38. The topological polar surface area (TPSA) is 129 Å². The Bertz CT molecular complexity index is 1300. The second-order valence-corrected chi connectivity index (χ2v) is 9.39. The standard InChI is InChI=1S/C22H25N9O2/c1-21(2)14-5-4-13(10-15(14)27-18(21)32)26-20-28-17-16(23-7-9-31(17)29-20)30-8-3-6-22(11-30)19(33)24-12-25-22/h4-5,7,9-10,25H,3,6,8,11-12H2,1-2H3,(H,24,33)(H,26,29)(H,27,32). The SMILES string of the molecule is CC1(C)C(=O)Nc2cc(Nc3nc4c(N5CCCC6(C5)NCNC6=O)nccn4n3)ccc21. The van der Waals surface area contributed by atoms with E-state index in [2.05, 4.69) is 41.2 Å². The molecule has 3 aliphatic rings. The zero-order valence-corrected chi connectivity index (χ0v) is 18.5. The monoisotopic (exact) mass is 447 g/mol. The molecule has 170 valence electrons. The number of anilines is 4. The molecule has 6 rings (SSSR count). The van der Waals surface area contributed by atoms with Crippen molar-refractivity contribution >= 4 is 40.6 Å². The molecule has 1 atom stereocenters. The Morgan fingerprint density at radius 2 is 2.06 bits per heavy atom. The van der Waals surface area contributed by atoms with Crippen molar-refractivity contribution in [1.82, 2.24) is 30.2 Å². The first-order chi connectivity index (χ1) is 15.9. The van der Waals surface area contributed by atoms with Gasteiger partial charge in [-0.15, -0.1) is 5.10 Å². The maximum absolute atomic E-state index is 12.4. The minimum Gasteiger partial charge on any atom is -0.351 e. The molecule has 0 bridgehead atoms. The van der Waals surface area contributed by atoms with E-state index in [1.54, 1.807) is 16.9 Å².